The Balaban J connectivity index is 2.03. The maximum Gasteiger partial charge on any atom is 0.188 e. The molecule has 0 saturated carbocycles. The molecule has 4 heteroatoms. The summed E-state index contributed by atoms with van der Waals surface area (Å²) in [6.45, 7) is 3.86. The van der Waals surface area contributed by atoms with Crippen LogP contribution in [0, 0.1) is 13.8 Å². The Morgan fingerprint density at radius 1 is 1.22 bits per heavy atom. The Hall–Kier alpha value is -1.68. The maximum absolute atomic E-state index is 12.0. The maximum atomic E-state index is 12.0. The first-order valence-corrected chi connectivity index (χ1v) is 6.66. The number of carbonyl (C=O) groups is 1. The SMILES string of the molecule is Cc1ccnc(SCC(=O)c2ccccc2C)n1. The van der Waals surface area contributed by atoms with Crippen LogP contribution in [0.3, 0.4) is 0 Å². The van der Waals surface area contributed by atoms with Crippen LogP contribution >= 0.6 is 11.8 Å². The minimum Gasteiger partial charge on any atom is -0.293 e. The van der Waals surface area contributed by atoms with Crippen LogP contribution in [0.4, 0.5) is 0 Å². The lowest BCUT2D eigenvalue weighted by Gasteiger charge is -2.04. The number of carbonyl (C=O) groups excluding carboxylic acids is 1. The number of thioether (sulfide) groups is 1. The third-order valence-electron chi connectivity index (χ3n) is 2.55. The fraction of sp³-hybridized carbons (Fsp3) is 0.214. The summed E-state index contributed by atoms with van der Waals surface area (Å²) in [6, 6.07) is 9.46. The average molecular weight is 258 g/mol. The molecule has 0 bridgehead atoms. The quantitative estimate of drug-likeness (QED) is 0.480. The number of Topliss-reactive ketones (excluding diaryl/α,β-unsaturated/α-hetero) is 1. The van der Waals surface area contributed by atoms with Crippen molar-refractivity contribution in [2.75, 3.05) is 5.75 Å². The number of hydrogen-bond acceptors (Lipinski definition) is 4. The molecule has 1 aromatic carbocycles. The molecular weight excluding hydrogens is 244 g/mol. The highest BCUT2D eigenvalue weighted by molar-refractivity contribution is 7.99. The highest BCUT2D eigenvalue weighted by Crippen LogP contribution is 2.16. The van der Waals surface area contributed by atoms with Gasteiger partial charge in [0.15, 0.2) is 10.9 Å². The zero-order valence-corrected chi connectivity index (χ0v) is 11.2. The molecule has 0 atom stereocenters. The van der Waals surface area contributed by atoms with E-state index in [9.17, 15) is 4.79 Å². The van der Waals surface area contributed by atoms with Crippen LogP contribution in [-0.2, 0) is 0 Å². The van der Waals surface area contributed by atoms with E-state index in [4.69, 9.17) is 0 Å². The third kappa shape index (κ3) is 3.17. The summed E-state index contributed by atoms with van der Waals surface area (Å²) >= 11 is 1.37. The summed E-state index contributed by atoms with van der Waals surface area (Å²) in [7, 11) is 0. The first kappa shape index (κ1) is 12.8. The van der Waals surface area contributed by atoms with Gasteiger partial charge in [-0.2, -0.15) is 0 Å². The molecule has 0 spiro atoms. The summed E-state index contributed by atoms with van der Waals surface area (Å²) < 4.78 is 0. The third-order valence-corrected chi connectivity index (χ3v) is 3.41. The van der Waals surface area contributed by atoms with E-state index < -0.39 is 0 Å². The van der Waals surface area contributed by atoms with Crippen LogP contribution in [0.25, 0.3) is 0 Å². The minimum absolute atomic E-state index is 0.114. The molecule has 92 valence electrons. The van der Waals surface area contributed by atoms with Gasteiger partial charge in [-0.25, -0.2) is 9.97 Å². The highest BCUT2D eigenvalue weighted by atomic mass is 32.2. The Morgan fingerprint density at radius 3 is 2.72 bits per heavy atom. The van der Waals surface area contributed by atoms with E-state index in [2.05, 4.69) is 9.97 Å². The largest absolute Gasteiger partial charge is 0.293 e. The second-order valence-corrected chi connectivity index (χ2v) is 4.95. The summed E-state index contributed by atoms with van der Waals surface area (Å²) in [6.07, 6.45) is 1.71. The molecule has 1 heterocycles. The van der Waals surface area contributed by atoms with E-state index in [1.165, 1.54) is 11.8 Å². The van der Waals surface area contributed by atoms with Gasteiger partial charge < -0.3 is 0 Å². The van der Waals surface area contributed by atoms with Gasteiger partial charge in [0.2, 0.25) is 0 Å². The molecule has 0 amide bonds. The van der Waals surface area contributed by atoms with E-state index in [1.54, 1.807) is 6.20 Å². The molecule has 2 rings (SSSR count). The number of aromatic nitrogens is 2. The molecule has 2 aromatic rings. The molecule has 1 aromatic heterocycles. The normalized spacial score (nSPS) is 10.3. The van der Waals surface area contributed by atoms with E-state index >= 15 is 0 Å². The van der Waals surface area contributed by atoms with Crippen molar-refractivity contribution in [2.24, 2.45) is 0 Å². The van der Waals surface area contributed by atoms with E-state index in [0.717, 1.165) is 16.8 Å². The molecule has 0 radical (unpaired) electrons. The van der Waals surface area contributed by atoms with Crippen LogP contribution < -0.4 is 0 Å². The van der Waals surface area contributed by atoms with Crippen LogP contribution in [0.15, 0.2) is 41.7 Å². The zero-order chi connectivity index (χ0) is 13.0. The van der Waals surface area contributed by atoms with E-state index in [1.807, 2.05) is 44.2 Å². The van der Waals surface area contributed by atoms with Gasteiger partial charge in [0.05, 0.1) is 5.75 Å². The smallest absolute Gasteiger partial charge is 0.188 e. The Labute approximate surface area is 111 Å². The van der Waals surface area contributed by atoms with Gasteiger partial charge in [-0.1, -0.05) is 36.0 Å². The topological polar surface area (TPSA) is 42.9 Å². The van der Waals surface area contributed by atoms with Crippen LogP contribution in [-0.4, -0.2) is 21.5 Å². The van der Waals surface area contributed by atoms with Crippen molar-refractivity contribution < 1.29 is 4.79 Å². The molecule has 0 aliphatic rings. The fourth-order valence-electron chi connectivity index (χ4n) is 1.59. The molecule has 0 aliphatic carbocycles. The zero-order valence-electron chi connectivity index (χ0n) is 10.4. The molecule has 0 saturated heterocycles. The van der Waals surface area contributed by atoms with Crippen LogP contribution in [0.1, 0.15) is 21.6 Å². The molecule has 0 N–H and O–H groups in total. The number of benzene rings is 1. The molecule has 3 nitrogen and oxygen atoms in total. The standard InChI is InChI=1S/C14H14N2OS/c1-10-5-3-4-6-12(10)13(17)9-18-14-15-8-7-11(2)16-14/h3-8H,9H2,1-2H3. The van der Waals surface area contributed by atoms with Crippen molar-refractivity contribution in [2.45, 2.75) is 19.0 Å². The predicted molar refractivity (Wildman–Crippen MR) is 73.0 cm³/mol. The number of hydrogen-bond donors (Lipinski definition) is 0. The van der Waals surface area contributed by atoms with Gasteiger partial charge in [0.1, 0.15) is 0 Å². The van der Waals surface area contributed by atoms with Crippen LogP contribution in [0.2, 0.25) is 0 Å². The summed E-state index contributed by atoms with van der Waals surface area (Å²) in [4.78, 5) is 20.4. The first-order valence-electron chi connectivity index (χ1n) is 5.68. The molecule has 0 aliphatic heterocycles. The van der Waals surface area contributed by atoms with Gasteiger partial charge in [-0.3, -0.25) is 4.79 Å². The molecule has 18 heavy (non-hydrogen) atoms. The molecule has 0 unspecified atom stereocenters. The minimum atomic E-state index is 0.114. The lowest BCUT2D eigenvalue weighted by Crippen LogP contribution is -2.05. The first-order chi connectivity index (χ1) is 8.66. The number of rotatable bonds is 4. The molecule has 0 fully saturated rings. The number of aryl methyl sites for hydroxylation is 2. The van der Waals surface area contributed by atoms with Crippen molar-refractivity contribution in [3.8, 4) is 0 Å². The second kappa shape index (κ2) is 5.78. The Kier molecular flexibility index (Phi) is 4.10. The van der Waals surface area contributed by atoms with E-state index in [-0.39, 0.29) is 5.78 Å². The van der Waals surface area contributed by atoms with Crippen molar-refractivity contribution in [3.05, 3.63) is 53.3 Å². The average Bonchev–Trinajstić information content (AvgIpc) is 2.37. The summed E-state index contributed by atoms with van der Waals surface area (Å²) in [5.41, 5.74) is 2.70. The Morgan fingerprint density at radius 2 is 2.00 bits per heavy atom. The van der Waals surface area contributed by atoms with Crippen LogP contribution in [0.5, 0.6) is 0 Å². The summed E-state index contributed by atoms with van der Waals surface area (Å²) in [5.74, 6) is 0.483. The van der Waals surface area contributed by atoms with E-state index in [0.29, 0.717) is 10.9 Å². The van der Waals surface area contributed by atoms with Gasteiger partial charge >= 0.3 is 0 Å². The fourth-order valence-corrected chi connectivity index (χ4v) is 2.35. The van der Waals surface area contributed by atoms with Crippen molar-refractivity contribution in [3.63, 3.8) is 0 Å². The molecular formula is C14H14N2OS. The Bertz CT molecular complexity index is 569. The van der Waals surface area contributed by atoms with Gasteiger partial charge in [-0.15, -0.1) is 0 Å². The summed E-state index contributed by atoms with van der Waals surface area (Å²) in [5, 5.41) is 0.650. The highest BCUT2D eigenvalue weighted by Gasteiger charge is 2.09. The van der Waals surface area contributed by atoms with Crippen molar-refractivity contribution in [1.82, 2.24) is 9.97 Å². The van der Waals surface area contributed by atoms with Gasteiger partial charge in [-0.05, 0) is 25.5 Å². The van der Waals surface area contributed by atoms with Crippen molar-refractivity contribution >= 4 is 17.5 Å². The number of ketones is 1. The second-order valence-electron chi connectivity index (χ2n) is 4.01. The van der Waals surface area contributed by atoms with Crippen molar-refractivity contribution in [1.29, 1.82) is 0 Å². The predicted octanol–water partition coefficient (Wildman–Crippen LogP) is 3.07. The van der Waals surface area contributed by atoms with Gasteiger partial charge in [0, 0.05) is 17.5 Å². The lowest BCUT2D eigenvalue weighted by atomic mass is 10.1. The lowest BCUT2D eigenvalue weighted by molar-refractivity contribution is 0.102. The monoisotopic (exact) mass is 258 g/mol. The number of nitrogens with zero attached hydrogens (tertiary/aromatic N) is 2. The van der Waals surface area contributed by atoms with Gasteiger partial charge in [0.25, 0.3) is 0 Å².